The molecule has 5 heteroatoms. The normalized spacial score (nSPS) is 10.9. The van der Waals surface area contributed by atoms with Gasteiger partial charge >= 0.3 is 0 Å². The number of nitrogens with zero attached hydrogens (tertiary/aromatic N) is 3. The minimum atomic E-state index is -0.284. The molecule has 0 radical (unpaired) electrons. The molecule has 0 bridgehead atoms. The average molecular weight is 313 g/mol. The van der Waals surface area contributed by atoms with Crippen molar-refractivity contribution >= 4 is 11.8 Å². The molecule has 3 nitrogen and oxygen atoms in total. The largest absolute Gasteiger partial charge is 0.305 e. The van der Waals surface area contributed by atoms with Gasteiger partial charge in [0.25, 0.3) is 0 Å². The summed E-state index contributed by atoms with van der Waals surface area (Å²) in [5.74, 6) is 1.07. The number of hydrogen-bond acceptors (Lipinski definition) is 3. The molecule has 0 saturated heterocycles. The summed E-state index contributed by atoms with van der Waals surface area (Å²) in [4.78, 5) is 0. The van der Waals surface area contributed by atoms with E-state index in [-0.39, 0.29) is 5.82 Å². The fourth-order valence-electron chi connectivity index (χ4n) is 2.15. The van der Waals surface area contributed by atoms with E-state index in [1.165, 1.54) is 17.2 Å². The summed E-state index contributed by atoms with van der Waals surface area (Å²) in [7, 11) is 1.86. The monoisotopic (exact) mass is 313 g/mol. The van der Waals surface area contributed by atoms with Crippen LogP contribution < -0.4 is 0 Å². The maximum absolute atomic E-state index is 13.9. The minimum Gasteiger partial charge on any atom is -0.305 e. The molecule has 112 valence electrons. The van der Waals surface area contributed by atoms with Crippen molar-refractivity contribution in [3.63, 3.8) is 0 Å². The Morgan fingerprint density at radius 1 is 1.05 bits per heavy atom. The summed E-state index contributed by atoms with van der Waals surface area (Å²) in [6.45, 7) is 2.07. The van der Waals surface area contributed by atoms with Gasteiger partial charge in [0.2, 0.25) is 0 Å². The Bertz CT molecular complexity index is 781. The molecule has 1 aromatic heterocycles. The predicted molar refractivity (Wildman–Crippen MR) is 87.1 cm³/mol. The van der Waals surface area contributed by atoms with Crippen LogP contribution in [0.2, 0.25) is 0 Å². The number of thioether (sulfide) groups is 1. The Morgan fingerprint density at radius 3 is 2.50 bits per heavy atom. The van der Waals surface area contributed by atoms with Gasteiger partial charge in [-0.1, -0.05) is 53.7 Å². The predicted octanol–water partition coefficient (Wildman–Crippen LogP) is 4.22. The van der Waals surface area contributed by atoms with Gasteiger partial charge in [-0.2, -0.15) is 0 Å². The molecular weight excluding hydrogens is 297 g/mol. The van der Waals surface area contributed by atoms with Crippen LogP contribution in [-0.4, -0.2) is 14.8 Å². The van der Waals surface area contributed by atoms with Crippen molar-refractivity contribution in [2.75, 3.05) is 0 Å². The first-order valence-electron chi connectivity index (χ1n) is 6.98. The van der Waals surface area contributed by atoms with Gasteiger partial charge in [0.05, 0.1) is 5.56 Å². The van der Waals surface area contributed by atoms with Crippen LogP contribution in [0.25, 0.3) is 11.4 Å². The number of aromatic nitrogens is 3. The summed E-state index contributed by atoms with van der Waals surface area (Å²) >= 11 is 1.59. The quantitative estimate of drug-likeness (QED) is 0.676. The molecule has 0 aliphatic carbocycles. The summed E-state index contributed by atoms with van der Waals surface area (Å²) in [5.41, 5.74) is 2.94. The van der Waals surface area contributed by atoms with Crippen LogP contribution in [0.15, 0.2) is 53.7 Å². The average Bonchev–Trinajstić information content (AvgIpc) is 2.88. The van der Waals surface area contributed by atoms with Crippen LogP contribution in [0.4, 0.5) is 4.39 Å². The van der Waals surface area contributed by atoms with Gasteiger partial charge in [-0.15, -0.1) is 10.2 Å². The SMILES string of the molecule is Cc1ccc(CSc2nnc(-c3ccccc3F)n2C)cc1. The molecule has 0 unspecified atom stereocenters. The molecule has 3 aromatic rings. The number of halogens is 1. The van der Waals surface area contributed by atoms with Crippen molar-refractivity contribution in [2.24, 2.45) is 7.05 Å². The third-order valence-electron chi connectivity index (χ3n) is 3.44. The number of benzene rings is 2. The lowest BCUT2D eigenvalue weighted by Gasteiger charge is -2.05. The molecule has 0 N–H and O–H groups in total. The zero-order valence-electron chi connectivity index (χ0n) is 12.5. The molecule has 0 aliphatic heterocycles. The van der Waals surface area contributed by atoms with E-state index < -0.39 is 0 Å². The second kappa shape index (κ2) is 6.32. The van der Waals surface area contributed by atoms with E-state index >= 15 is 0 Å². The van der Waals surface area contributed by atoms with Gasteiger partial charge in [-0.05, 0) is 24.6 Å². The van der Waals surface area contributed by atoms with Gasteiger partial charge < -0.3 is 4.57 Å². The van der Waals surface area contributed by atoms with Crippen LogP contribution >= 0.6 is 11.8 Å². The van der Waals surface area contributed by atoms with Gasteiger partial charge in [-0.25, -0.2) is 4.39 Å². The van der Waals surface area contributed by atoms with E-state index in [1.54, 1.807) is 30.0 Å². The van der Waals surface area contributed by atoms with Gasteiger partial charge in [0.15, 0.2) is 11.0 Å². The van der Waals surface area contributed by atoms with E-state index in [0.717, 1.165) is 10.9 Å². The van der Waals surface area contributed by atoms with Crippen LogP contribution in [0, 0.1) is 12.7 Å². The number of aryl methyl sites for hydroxylation is 1. The van der Waals surface area contributed by atoms with Crippen molar-refractivity contribution in [3.05, 3.63) is 65.5 Å². The fourth-order valence-corrected chi connectivity index (χ4v) is 3.02. The highest BCUT2D eigenvalue weighted by Crippen LogP contribution is 2.26. The van der Waals surface area contributed by atoms with Crippen molar-refractivity contribution in [2.45, 2.75) is 17.8 Å². The third-order valence-corrected chi connectivity index (χ3v) is 4.53. The Hall–Kier alpha value is -2.14. The van der Waals surface area contributed by atoms with E-state index in [0.29, 0.717) is 11.4 Å². The lowest BCUT2D eigenvalue weighted by atomic mass is 10.2. The zero-order valence-corrected chi connectivity index (χ0v) is 13.3. The highest BCUT2D eigenvalue weighted by Gasteiger charge is 2.14. The summed E-state index contributed by atoms with van der Waals surface area (Å²) in [6.07, 6.45) is 0. The third kappa shape index (κ3) is 3.04. The van der Waals surface area contributed by atoms with E-state index in [4.69, 9.17) is 0 Å². The van der Waals surface area contributed by atoms with E-state index in [9.17, 15) is 4.39 Å². The van der Waals surface area contributed by atoms with Crippen LogP contribution in [0.3, 0.4) is 0 Å². The van der Waals surface area contributed by atoms with Crippen molar-refractivity contribution in [1.29, 1.82) is 0 Å². The standard InChI is InChI=1S/C17H16FN3S/c1-12-7-9-13(10-8-12)11-22-17-20-19-16(21(17)2)14-5-3-4-6-15(14)18/h3-10H,11H2,1-2H3. The van der Waals surface area contributed by atoms with Crippen molar-refractivity contribution in [3.8, 4) is 11.4 Å². The second-order valence-corrected chi connectivity index (χ2v) is 6.06. The number of hydrogen-bond donors (Lipinski definition) is 0. The minimum absolute atomic E-state index is 0.284. The van der Waals surface area contributed by atoms with Crippen LogP contribution in [-0.2, 0) is 12.8 Å². The number of rotatable bonds is 4. The molecule has 0 spiro atoms. The van der Waals surface area contributed by atoms with Gasteiger partial charge in [0, 0.05) is 12.8 Å². The highest BCUT2D eigenvalue weighted by molar-refractivity contribution is 7.98. The zero-order chi connectivity index (χ0) is 15.5. The molecule has 0 atom stereocenters. The van der Waals surface area contributed by atoms with Crippen LogP contribution in [0.1, 0.15) is 11.1 Å². The molecular formula is C17H16FN3S. The van der Waals surface area contributed by atoms with Gasteiger partial charge in [-0.3, -0.25) is 0 Å². The first-order valence-corrected chi connectivity index (χ1v) is 7.96. The lowest BCUT2D eigenvalue weighted by Crippen LogP contribution is -1.96. The lowest BCUT2D eigenvalue weighted by molar-refractivity contribution is 0.628. The van der Waals surface area contributed by atoms with Gasteiger partial charge in [0.1, 0.15) is 5.82 Å². The Labute approximate surface area is 133 Å². The molecule has 0 aliphatic rings. The molecule has 22 heavy (non-hydrogen) atoms. The molecule has 0 amide bonds. The van der Waals surface area contributed by atoms with Crippen LogP contribution in [0.5, 0.6) is 0 Å². The van der Waals surface area contributed by atoms with E-state index in [2.05, 4.69) is 41.4 Å². The topological polar surface area (TPSA) is 30.7 Å². The van der Waals surface area contributed by atoms with Crippen molar-refractivity contribution < 1.29 is 4.39 Å². The van der Waals surface area contributed by atoms with E-state index in [1.807, 2.05) is 11.6 Å². The summed E-state index contributed by atoms with van der Waals surface area (Å²) in [6, 6.07) is 15.0. The summed E-state index contributed by atoms with van der Waals surface area (Å²) in [5, 5.41) is 9.08. The molecule has 2 aromatic carbocycles. The second-order valence-electron chi connectivity index (χ2n) is 5.12. The Morgan fingerprint density at radius 2 is 1.77 bits per heavy atom. The molecule has 0 fully saturated rings. The Kier molecular flexibility index (Phi) is 4.24. The maximum Gasteiger partial charge on any atom is 0.191 e. The maximum atomic E-state index is 13.9. The summed E-state index contributed by atoms with van der Waals surface area (Å²) < 4.78 is 15.7. The molecule has 1 heterocycles. The first kappa shape index (κ1) is 14.8. The first-order chi connectivity index (χ1) is 10.6. The highest BCUT2D eigenvalue weighted by atomic mass is 32.2. The Balaban J connectivity index is 1.79. The smallest absolute Gasteiger partial charge is 0.191 e. The molecule has 0 saturated carbocycles. The van der Waals surface area contributed by atoms with Crippen molar-refractivity contribution in [1.82, 2.24) is 14.8 Å². The molecule has 3 rings (SSSR count). The fraction of sp³-hybridized carbons (Fsp3) is 0.176.